The van der Waals surface area contributed by atoms with Crippen LogP contribution in [0.4, 0.5) is 9.52 Å². The predicted molar refractivity (Wildman–Crippen MR) is 117 cm³/mol. The number of rotatable bonds is 7. The Morgan fingerprint density at radius 3 is 2.63 bits per heavy atom. The van der Waals surface area contributed by atoms with E-state index in [-0.39, 0.29) is 5.91 Å². The van der Waals surface area contributed by atoms with Crippen LogP contribution in [0.5, 0.6) is 0 Å². The molecule has 0 radical (unpaired) electrons. The lowest BCUT2D eigenvalue weighted by Gasteiger charge is -2.34. The number of aromatic nitrogens is 2. The van der Waals surface area contributed by atoms with Gasteiger partial charge in [0.2, 0.25) is 5.13 Å². The minimum absolute atomic E-state index is 0.243. The number of carbonyl (C=O) groups excluding carboxylic acids is 1. The second-order valence-electron chi connectivity index (χ2n) is 7.25. The Morgan fingerprint density at radius 1 is 1.07 bits per heavy atom. The predicted octanol–water partition coefficient (Wildman–Crippen LogP) is 2.82. The van der Waals surface area contributed by atoms with E-state index in [2.05, 4.69) is 31.6 Å². The smallest absolute Gasteiger partial charge is 0.251 e. The maximum atomic E-state index is 13.2. The molecule has 2 aromatic carbocycles. The molecule has 1 amide bonds. The molecule has 0 bridgehead atoms. The van der Waals surface area contributed by atoms with Gasteiger partial charge in [-0.25, -0.2) is 9.37 Å². The summed E-state index contributed by atoms with van der Waals surface area (Å²) in [6.45, 7) is 4.89. The fourth-order valence-corrected chi connectivity index (χ4v) is 4.18. The number of halogens is 1. The molecule has 0 saturated carbocycles. The van der Waals surface area contributed by atoms with Crippen LogP contribution in [-0.2, 0) is 6.42 Å². The van der Waals surface area contributed by atoms with Crippen molar-refractivity contribution in [1.82, 2.24) is 19.6 Å². The topological polar surface area (TPSA) is 61.4 Å². The van der Waals surface area contributed by atoms with E-state index in [1.807, 2.05) is 18.2 Å². The van der Waals surface area contributed by atoms with Crippen LogP contribution >= 0.6 is 11.5 Å². The van der Waals surface area contributed by atoms with Crippen LogP contribution < -0.4 is 10.2 Å². The van der Waals surface area contributed by atoms with E-state index in [0.29, 0.717) is 12.1 Å². The van der Waals surface area contributed by atoms with Gasteiger partial charge in [-0.3, -0.25) is 9.69 Å². The molecule has 1 saturated heterocycles. The Balaban J connectivity index is 1.20. The van der Waals surface area contributed by atoms with Gasteiger partial charge in [0.1, 0.15) is 11.6 Å². The second kappa shape index (κ2) is 9.77. The van der Waals surface area contributed by atoms with Crippen molar-refractivity contribution in [3.8, 4) is 0 Å². The van der Waals surface area contributed by atoms with Crippen LogP contribution in [0, 0.1) is 5.82 Å². The van der Waals surface area contributed by atoms with Gasteiger partial charge in [-0.05, 0) is 23.8 Å². The van der Waals surface area contributed by atoms with Crippen LogP contribution in [0.3, 0.4) is 0 Å². The molecular weight excluding hydrogens is 401 g/mol. The molecule has 8 heteroatoms. The Bertz CT molecular complexity index is 972. The van der Waals surface area contributed by atoms with Crippen LogP contribution in [0.25, 0.3) is 0 Å². The Kier molecular flexibility index (Phi) is 6.66. The van der Waals surface area contributed by atoms with E-state index in [1.165, 1.54) is 29.2 Å². The largest absolute Gasteiger partial charge is 0.351 e. The zero-order valence-corrected chi connectivity index (χ0v) is 17.4. The molecule has 0 unspecified atom stereocenters. The third kappa shape index (κ3) is 5.40. The molecule has 3 aromatic rings. The van der Waals surface area contributed by atoms with Gasteiger partial charge in [0.05, 0.1) is 0 Å². The van der Waals surface area contributed by atoms with E-state index >= 15 is 0 Å². The van der Waals surface area contributed by atoms with Crippen molar-refractivity contribution in [3.63, 3.8) is 0 Å². The van der Waals surface area contributed by atoms with Crippen molar-refractivity contribution >= 4 is 22.6 Å². The summed E-state index contributed by atoms with van der Waals surface area (Å²) in [7, 11) is 0. The van der Waals surface area contributed by atoms with Gasteiger partial charge in [-0.15, -0.1) is 0 Å². The summed E-state index contributed by atoms with van der Waals surface area (Å²) in [6, 6.07) is 16.0. The molecule has 156 valence electrons. The van der Waals surface area contributed by atoms with Crippen molar-refractivity contribution in [2.24, 2.45) is 0 Å². The highest BCUT2D eigenvalue weighted by Crippen LogP contribution is 2.20. The number of hydrogen-bond donors (Lipinski definition) is 1. The fraction of sp³-hybridized carbons (Fsp3) is 0.318. The number of amides is 1. The van der Waals surface area contributed by atoms with Gasteiger partial charge in [-0.2, -0.15) is 4.37 Å². The van der Waals surface area contributed by atoms with Crippen LogP contribution in [0.1, 0.15) is 21.7 Å². The minimum Gasteiger partial charge on any atom is -0.351 e. The second-order valence-corrected chi connectivity index (χ2v) is 7.98. The van der Waals surface area contributed by atoms with E-state index < -0.39 is 5.82 Å². The molecule has 4 rings (SSSR count). The Hall–Kier alpha value is -2.84. The van der Waals surface area contributed by atoms with Gasteiger partial charge < -0.3 is 10.2 Å². The van der Waals surface area contributed by atoms with Crippen molar-refractivity contribution in [1.29, 1.82) is 0 Å². The molecule has 30 heavy (non-hydrogen) atoms. The maximum Gasteiger partial charge on any atom is 0.251 e. The van der Waals surface area contributed by atoms with Gasteiger partial charge >= 0.3 is 0 Å². The zero-order valence-electron chi connectivity index (χ0n) is 16.6. The molecule has 1 N–H and O–H groups in total. The normalized spacial score (nSPS) is 14.6. The lowest BCUT2D eigenvalue weighted by atomic mass is 10.1. The summed E-state index contributed by atoms with van der Waals surface area (Å²) < 4.78 is 17.7. The standard InChI is InChI=1S/C22H24FN5OS/c23-19-8-4-7-18(16-19)21(29)24-9-10-27-11-13-28(14-12-27)22-25-20(26-30-22)15-17-5-2-1-3-6-17/h1-8,16H,9-15H2,(H,24,29). The summed E-state index contributed by atoms with van der Waals surface area (Å²) in [5.74, 6) is 0.221. The molecule has 0 aliphatic carbocycles. The highest BCUT2D eigenvalue weighted by atomic mass is 32.1. The average Bonchev–Trinajstić information content (AvgIpc) is 3.23. The Morgan fingerprint density at radius 2 is 1.87 bits per heavy atom. The minimum atomic E-state index is -0.401. The van der Waals surface area contributed by atoms with E-state index in [1.54, 1.807) is 12.1 Å². The number of benzene rings is 2. The highest BCUT2D eigenvalue weighted by molar-refractivity contribution is 7.09. The molecular formula is C22H24FN5OS. The molecule has 1 fully saturated rings. The maximum absolute atomic E-state index is 13.2. The zero-order chi connectivity index (χ0) is 20.8. The van der Waals surface area contributed by atoms with Crippen molar-refractivity contribution in [2.45, 2.75) is 6.42 Å². The summed E-state index contributed by atoms with van der Waals surface area (Å²) in [4.78, 5) is 21.4. The number of nitrogens with one attached hydrogen (secondary N) is 1. The number of anilines is 1. The van der Waals surface area contributed by atoms with Crippen LogP contribution in [0.15, 0.2) is 54.6 Å². The van der Waals surface area contributed by atoms with Gasteiger partial charge in [0, 0.05) is 62.8 Å². The third-order valence-electron chi connectivity index (χ3n) is 5.11. The summed E-state index contributed by atoms with van der Waals surface area (Å²) in [5, 5.41) is 3.83. The molecule has 0 spiro atoms. The lowest BCUT2D eigenvalue weighted by molar-refractivity contribution is 0.0947. The van der Waals surface area contributed by atoms with Crippen LogP contribution in [0.2, 0.25) is 0 Å². The lowest BCUT2D eigenvalue weighted by Crippen LogP contribution is -2.48. The van der Waals surface area contributed by atoms with Crippen molar-refractivity contribution < 1.29 is 9.18 Å². The molecule has 6 nitrogen and oxygen atoms in total. The quantitative estimate of drug-likeness (QED) is 0.631. The SMILES string of the molecule is O=C(NCCN1CCN(c2nc(Cc3ccccc3)ns2)CC1)c1cccc(F)c1. The van der Waals surface area contributed by atoms with Crippen molar-refractivity contribution in [3.05, 3.63) is 77.4 Å². The molecule has 1 aliphatic rings. The monoisotopic (exact) mass is 425 g/mol. The van der Waals surface area contributed by atoms with Crippen LogP contribution in [-0.4, -0.2) is 59.4 Å². The summed E-state index contributed by atoms with van der Waals surface area (Å²) in [6.07, 6.45) is 0.752. The molecule has 2 heterocycles. The first kappa shape index (κ1) is 20.4. The average molecular weight is 426 g/mol. The molecule has 1 aromatic heterocycles. The fourth-order valence-electron chi connectivity index (χ4n) is 3.45. The number of piperazine rings is 1. The first-order chi connectivity index (χ1) is 14.7. The first-order valence-electron chi connectivity index (χ1n) is 10.0. The summed E-state index contributed by atoms with van der Waals surface area (Å²) in [5.41, 5.74) is 1.56. The van der Waals surface area contributed by atoms with Crippen molar-refractivity contribution in [2.75, 3.05) is 44.2 Å². The highest BCUT2D eigenvalue weighted by Gasteiger charge is 2.20. The van der Waals surface area contributed by atoms with Gasteiger partial charge in [-0.1, -0.05) is 36.4 Å². The summed E-state index contributed by atoms with van der Waals surface area (Å²) >= 11 is 1.46. The number of carbonyl (C=O) groups is 1. The van der Waals surface area contributed by atoms with E-state index in [4.69, 9.17) is 4.98 Å². The number of nitrogens with zero attached hydrogens (tertiary/aromatic N) is 4. The van der Waals surface area contributed by atoms with E-state index in [0.717, 1.165) is 50.1 Å². The van der Waals surface area contributed by atoms with Gasteiger partial charge in [0.15, 0.2) is 0 Å². The number of hydrogen-bond acceptors (Lipinski definition) is 6. The molecule has 0 atom stereocenters. The first-order valence-corrected chi connectivity index (χ1v) is 10.8. The molecule has 1 aliphatic heterocycles. The van der Waals surface area contributed by atoms with E-state index in [9.17, 15) is 9.18 Å². The third-order valence-corrected chi connectivity index (χ3v) is 5.92. The Labute approximate surface area is 179 Å². The van der Waals surface area contributed by atoms with Gasteiger partial charge in [0.25, 0.3) is 5.91 Å².